The molecule has 2 aromatic carbocycles. The van der Waals surface area contributed by atoms with Crippen molar-refractivity contribution in [2.24, 2.45) is 0 Å². The van der Waals surface area contributed by atoms with E-state index in [1.54, 1.807) is 18.2 Å². The monoisotopic (exact) mass is 452 g/mol. The molecule has 1 N–H and O–H groups in total. The van der Waals surface area contributed by atoms with Gasteiger partial charge in [0, 0.05) is 18.8 Å². The van der Waals surface area contributed by atoms with Crippen LogP contribution in [0.1, 0.15) is 16.2 Å². The summed E-state index contributed by atoms with van der Waals surface area (Å²) in [6.07, 6.45) is 0. The molecule has 0 radical (unpaired) electrons. The van der Waals surface area contributed by atoms with E-state index in [9.17, 15) is 19.2 Å². The SMILES string of the molecule is Cc1nc2cc(C(=O)OCC(=O)NCCN3C(=O)CSC3=O)ccc2n1-c1ccccc1. The number of esters is 1. The molecule has 0 saturated carbocycles. The van der Waals surface area contributed by atoms with Gasteiger partial charge in [0.25, 0.3) is 11.1 Å². The number of amides is 3. The number of aryl methyl sites for hydroxylation is 1. The summed E-state index contributed by atoms with van der Waals surface area (Å²) in [5.41, 5.74) is 2.75. The summed E-state index contributed by atoms with van der Waals surface area (Å²) >= 11 is 0.935. The van der Waals surface area contributed by atoms with Crippen LogP contribution >= 0.6 is 11.8 Å². The Kier molecular flexibility index (Phi) is 6.22. The van der Waals surface area contributed by atoms with Crippen molar-refractivity contribution in [1.29, 1.82) is 0 Å². The minimum atomic E-state index is -0.643. The Hall–Kier alpha value is -3.66. The first-order chi connectivity index (χ1) is 15.4. The number of fused-ring (bicyclic) bond motifs is 1. The van der Waals surface area contributed by atoms with Crippen molar-refractivity contribution in [3.63, 3.8) is 0 Å². The fourth-order valence-electron chi connectivity index (χ4n) is 3.40. The number of nitrogens with one attached hydrogen (secondary N) is 1. The summed E-state index contributed by atoms with van der Waals surface area (Å²) in [5, 5.41) is 2.21. The number of nitrogens with zero attached hydrogens (tertiary/aromatic N) is 3. The molecule has 1 saturated heterocycles. The normalized spacial score (nSPS) is 13.6. The van der Waals surface area contributed by atoms with Crippen LogP contribution in [0.15, 0.2) is 48.5 Å². The second-order valence-electron chi connectivity index (χ2n) is 7.06. The van der Waals surface area contributed by atoms with Crippen LogP contribution in [-0.4, -0.2) is 62.9 Å². The summed E-state index contributed by atoms with van der Waals surface area (Å²) in [4.78, 5) is 53.0. The average Bonchev–Trinajstić information content (AvgIpc) is 3.30. The predicted octanol–water partition coefficient (Wildman–Crippen LogP) is 2.30. The van der Waals surface area contributed by atoms with Crippen molar-refractivity contribution in [3.8, 4) is 5.69 Å². The van der Waals surface area contributed by atoms with Crippen LogP contribution in [0.3, 0.4) is 0 Å². The largest absolute Gasteiger partial charge is 0.452 e. The minimum absolute atomic E-state index is 0.0877. The molecule has 10 heteroatoms. The van der Waals surface area contributed by atoms with Gasteiger partial charge in [0.1, 0.15) is 5.82 Å². The number of para-hydroxylation sites is 1. The molecule has 1 fully saturated rings. The van der Waals surface area contributed by atoms with Gasteiger partial charge in [-0.1, -0.05) is 30.0 Å². The van der Waals surface area contributed by atoms with E-state index in [4.69, 9.17) is 4.74 Å². The highest BCUT2D eigenvalue weighted by molar-refractivity contribution is 8.14. The van der Waals surface area contributed by atoms with E-state index in [0.29, 0.717) is 5.52 Å². The quantitative estimate of drug-likeness (QED) is 0.548. The fraction of sp³-hybridized carbons (Fsp3) is 0.227. The maximum atomic E-state index is 12.4. The summed E-state index contributed by atoms with van der Waals surface area (Å²) in [6, 6.07) is 14.8. The van der Waals surface area contributed by atoms with Gasteiger partial charge in [-0.25, -0.2) is 9.78 Å². The van der Waals surface area contributed by atoms with Crippen LogP contribution in [-0.2, 0) is 14.3 Å². The van der Waals surface area contributed by atoms with Crippen LogP contribution in [0.5, 0.6) is 0 Å². The van der Waals surface area contributed by atoms with Gasteiger partial charge < -0.3 is 10.1 Å². The Labute approximate surface area is 187 Å². The molecule has 164 valence electrons. The van der Waals surface area contributed by atoms with Gasteiger partial charge in [-0.3, -0.25) is 23.9 Å². The van der Waals surface area contributed by atoms with Crippen molar-refractivity contribution >= 4 is 45.8 Å². The Morgan fingerprint density at radius 3 is 2.66 bits per heavy atom. The number of hydrogen-bond donors (Lipinski definition) is 1. The molecule has 0 aliphatic carbocycles. The highest BCUT2D eigenvalue weighted by Gasteiger charge is 2.29. The lowest BCUT2D eigenvalue weighted by atomic mass is 10.2. The fourth-order valence-corrected chi connectivity index (χ4v) is 4.15. The van der Waals surface area contributed by atoms with Crippen molar-refractivity contribution in [2.45, 2.75) is 6.92 Å². The number of imidazole rings is 1. The van der Waals surface area contributed by atoms with Gasteiger partial charge in [-0.15, -0.1) is 0 Å². The highest BCUT2D eigenvalue weighted by atomic mass is 32.2. The number of imide groups is 1. The third-order valence-electron chi connectivity index (χ3n) is 4.90. The number of benzene rings is 2. The van der Waals surface area contributed by atoms with Crippen molar-refractivity contribution in [2.75, 3.05) is 25.4 Å². The van der Waals surface area contributed by atoms with Gasteiger partial charge in [0.15, 0.2) is 6.61 Å². The van der Waals surface area contributed by atoms with Crippen LogP contribution in [0.4, 0.5) is 4.79 Å². The topological polar surface area (TPSA) is 111 Å². The average molecular weight is 452 g/mol. The summed E-state index contributed by atoms with van der Waals surface area (Å²) < 4.78 is 7.08. The standard InChI is InChI=1S/C22H20N4O5S/c1-14-24-17-11-15(7-8-18(17)26(14)16-5-3-2-4-6-16)21(29)31-12-19(27)23-9-10-25-20(28)13-32-22(25)30/h2-8,11H,9-10,12-13H2,1H3,(H,23,27). The molecule has 3 amide bonds. The van der Waals surface area contributed by atoms with Crippen LogP contribution in [0.25, 0.3) is 16.7 Å². The lowest BCUT2D eigenvalue weighted by molar-refractivity contribution is -0.126. The number of rotatable bonds is 7. The minimum Gasteiger partial charge on any atom is -0.452 e. The van der Waals surface area contributed by atoms with Crippen LogP contribution in [0, 0.1) is 6.92 Å². The summed E-state index contributed by atoms with van der Waals surface area (Å²) in [5.74, 6) is -0.534. The van der Waals surface area contributed by atoms with Crippen LogP contribution < -0.4 is 5.32 Å². The van der Waals surface area contributed by atoms with Crippen LogP contribution in [0.2, 0.25) is 0 Å². The third kappa shape index (κ3) is 4.50. The lowest BCUT2D eigenvalue weighted by Crippen LogP contribution is -2.38. The van der Waals surface area contributed by atoms with Crippen molar-refractivity contribution < 1.29 is 23.9 Å². The lowest BCUT2D eigenvalue weighted by Gasteiger charge is -2.13. The number of ether oxygens (including phenoxy) is 1. The summed E-state index contributed by atoms with van der Waals surface area (Å²) in [6.45, 7) is 1.60. The first-order valence-corrected chi connectivity index (χ1v) is 10.9. The Morgan fingerprint density at radius 1 is 1.16 bits per heavy atom. The van der Waals surface area contributed by atoms with Gasteiger partial charge >= 0.3 is 5.97 Å². The van der Waals surface area contributed by atoms with Gasteiger partial charge in [0.05, 0.1) is 22.3 Å². The zero-order valence-corrected chi connectivity index (χ0v) is 18.1. The Balaban J connectivity index is 1.34. The molecule has 9 nitrogen and oxygen atoms in total. The molecule has 0 unspecified atom stereocenters. The Morgan fingerprint density at radius 2 is 1.94 bits per heavy atom. The first-order valence-electron chi connectivity index (χ1n) is 9.89. The molecular weight excluding hydrogens is 432 g/mol. The summed E-state index contributed by atoms with van der Waals surface area (Å²) in [7, 11) is 0. The first kappa shape index (κ1) is 21.6. The van der Waals surface area contributed by atoms with E-state index >= 15 is 0 Å². The van der Waals surface area contributed by atoms with E-state index in [1.807, 2.05) is 41.8 Å². The number of aromatic nitrogens is 2. The van der Waals surface area contributed by atoms with E-state index in [0.717, 1.165) is 33.7 Å². The zero-order valence-electron chi connectivity index (χ0n) is 17.2. The smallest absolute Gasteiger partial charge is 0.338 e. The van der Waals surface area contributed by atoms with E-state index in [-0.39, 0.29) is 35.6 Å². The molecule has 4 rings (SSSR count). The molecule has 0 spiro atoms. The van der Waals surface area contributed by atoms with Gasteiger partial charge in [-0.05, 0) is 37.3 Å². The molecular formula is C22H20N4O5S. The second-order valence-corrected chi connectivity index (χ2v) is 7.99. The maximum absolute atomic E-state index is 12.4. The van der Waals surface area contributed by atoms with E-state index in [2.05, 4.69) is 10.3 Å². The molecule has 1 aromatic heterocycles. The highest BCUT2D eigenvalue weighted by Crippen LogP contribution is 2.22. The van der Waals surface area contributed by atoms with Crippen molar-refractivity contribution in [3.05, 3.63) is 59.9 Å². The predicted molar refractivity (Wildman–Crippen MR) is 119 cm³/mol. The zero-order chi connectivity index (χ0) is 22.7. The van der Waals surface area contributed by atoms with Crippen molar-refractivity contribution in [1.82, 2.24) is 19.8 Å². The molecule has 0 atom stereocenters. The van der Waals surface area contributed by atoms with E-state index in [1.165, 1.54) is 0 Å². The number of thioether (sulfide) groups is 1. The second kappa shape index (κ2) is 9.23. The molecule has 3 aromatic rings. The number of carbonyl (C=O) groups excluding carboxylic acids is 4. The molecule has 2 heterocycles. The molecule has 0 bridgehead atoms. The van der Waals surface area contributed by atoms with Gasteiger partial charge in [-0.2, -0.15) is 0 Å². The maximum Gasteiger partial charge on any atom is 0.338 e. The molecule has 1 aliphatic heterocycles. The Bertz CT molecular complexity index is 1190. The third-order valence-corrected chi connectivity index (χ3v) is 5.76. The molecule has 32 heavy (non-hydrogen) atoms. The number of hydrogen-bond acceptors (Lipinski definition) is 7. The van der Waals surface area contributed by atoms with E-state index < -0.39 is 18.5 Å². The number of carbonyl (C=O) groups is 4. The van der Waals surface area contributed by atoms with Gasteiger partial charge in [0.2, 0.25) is 5.91 Å². The molecule has 1 aliphatic rings.